The Hall–Kier alpha value is -1.99. The smallest absolute Gasteiger partial charge is 0.323 e. The van der Waals surface area contributed by atoms with E-state index in [4.69, 9.17) is 10.8 Å². The van der Waals surface area contributed by atoms with Gasteiger partial charge in [0.25, 0.3) is 5.69 Å². The molecule has 1 aromatic carbocycles. The molecule has 0 saturated heterocycles. The molecular weight excluding hydrogens is 216 g/mol. The summed E-state index contributed by atoms with van der Waals surface area (Å²) in [5.41, 5.74) is 5.29. The third-order valence-electron chi connectivity index (χ3n) is 2.07. The van der Waals surface area contributed by atoms with Crippen molar-refractivity contribution in [3.63, 3.8) is 0 Å². The second-order valence-electron chi connectivity index (χ2n) is 3.16. The maximum Gasteiger partial charge on any atom is 0.323 e. The fourth-order valence-electron chi connectivity index (χ4n) is 1.14. The third kappa shape index (κ3) is 2.53. The van der Waals surface area contributed by atoms with E-state index in [9.17, 15) is 20.0 Å². The van der Waals surface area contributed by atoms with Gasteiger partial charge in [0.15, 0.2) is 0 Å². The first kappa shape index (κ1) is 12.1. The maximum atomic E-state index is 10.5. The molecule has 2 unspecified atom stereocenters. The number of benzene rings is 1. The molecule has 0 saturated carbocycles. The van der Waals surface area contributed by atoms with Crippen molar-refractivity contribution in [3.8, 4) is 0 Å². The number of carboxylic acids is 1. The number of hydrogen-bond acceptors (Lipinski definition) is 5. The number of rotatable bonds is 4. The molecule has 0 fully saturated rings. The van der Waals surface area contributed by atoms with Gasteiger partial charge < -0.3 is 15.9 Å². The molecule has 2 atom stereocenters. The van der Waals surface area contributed by atoms with Crippen LogP contribution in [0.4, 0.5) is 5.69 Å². The number of nitro benzene ring substituents is 1. The first-order valence-corrected chi connectivity index (χ1v) is 4.34. The molecule has 1 aromatic rings. The van der Waals surface area contributed by atoms with E-state index in [-0.39, 0.29) is 11.3 Å². The van der Waals surface area contributed by atoms with E-state index in [0.29, 0.717) is 0 Å². The van der Waals surface area contributed by atoms with Gasteiger partial charge in [-0.05, 0) is 17.7 Å². The zero-order valence-corrected chi connectivity index (χ0v) is 8.11. The number of hydrogen-bond donors (Lipinski definition) is 3. The lowest BCUT2D eigenvalue weighted by Crippen LogP contribution is -2.36. The minimum absolute atomic E-state index is 0.139. The maximum absolute atomic E-state index is 10.5. The first-order chi connectivity index (χ1) is 7.43. The van der Waals surface area contributed by atoms with Crippen molar-refractivity contribution in [1.29, 1.82) is 0 Å². The minimum atomic E-state index is -1.46. The first-order valence-electron chi connectivity index (χ1n) is 4.34. The van der Waals surface area contributed by atoms with Crippen LogP contribution in [0.5, 0.6) is 0 Å². The number of nitrogens with zero attached hydrogens (tertiary/aromatic N) is 1. The van der Waals surface area contributed by atoms with Crippen LogP contribution in [0.2, 0.25) is 0 Å². The number of nitrogens with two attached hydrogens (primary N) is 1. The van der Waals surface area contributed by atoms with Gasteiger partial charge in [0.05, 0.1) is 4.92 Å². The summed E-state index contributed by atoms with van der Waals surface area (Å²) >= 11 is 0. The molecule has 86 valence electrons. The Morgan fingerprint density at radius 3 is 2.25 bits per heavy atom. The number of aliphatic hydroxyl groups is 1. The molecule has 0 radical (unpaired) electrons. The number of carbonyl (C=O) groups is 1. The Morgan fingerprint density at radius 2 is 1.88 bits per heavy atom. The van der Waals surface area contributed by atoms with Crippen LogP contribution in [0.3, 0.4) is 0 Å². The predicted molar refractivity (Wildman–Crippen MR) is 53.7 cm³/mol. The average Bonchev–Trinajstić information content (AvgIpc) is 2.27. The van der Waals surface area contributed by atoms with Crippen molar-refractivity contribution >= 4 is 11.7 Å². The lowest BCUT2D eigenvalue weighted by atomic mass is 10.0. The second-order valence-corrected chi connectivity index (χ2v) is 3.16. The highest BCUT2D eigenvalue weighted by molar-refractivity contribution is 5.74. The highest BCUT2D eigenvalue weighted by atomic mass is 16.6. The zero-order chi connectivity index (χ0) is 12.3. The second kappa shape index (κ2) is 4.69. The molecule has 0 heterocycles. The summed E-state index contributed by atoms with van der Waals surface area (Å²) in [6.07, 6.45) is -1.39. The molecule has 7 heteroatoms. The van der Waals surface area contributed by atoms with Crippen molar-refractivity contribution in [1.82, 2.24) is 0 Å². The number of aliphatic hydroxyl groups excluding tert-OH is 1. The van der Waals surface area contributed by atoms with E-state index < -0.39 is 23.0 Å². The molecule has 0 amide bonds. The summed E-state index contributed by atoms with van der Waals surface area (Å²) in [4.78, 5) is 20.3. The largest absolute Gasteiger partial charge is 0.480 e. The van der Waals surface area contributed by atoms with Crippen molar-refractivity contribution in [2.24, 2.45) is 5.73 Å². The van der Waals surface area contributed by atoms with Gasteiger partial charge in [0.2, 0.25) is 0 Å². The van der Waals surface area contributed by atoms with Crippen LogP contribution in [-0.4, -0.2) is 27.1 Å². The zero-order valence-electron chi connectivity index (χ0n) is 8.11. The van der Waals surface area contributed by atoms with Crippen LogP contribution in [-0.2, 0) is 4.79 Å². The molecular formula is C9H10N2O5. The summed E-state index contributed by atoms with van der Waals surface area (Å²) in [5.74, 6) is -1.34. The Morgan fingerprint density at radius 1 is 1.38 bits per heavy atom. The quantitative estimate of drug-likeness (QED) is 0.491. The van der Waals surface area contributed by atoms with Crippen molar-refractivity contribution in [2.45, 2.75) is 12.1 Å². The molecule has 0 bridgehead atoms. The van der Waals surface area contributed by atoms with Crippen LogP contribution in [0.25, 0.3) is 0 Å². The molecule has 0 aliphatic heterocycles. The highest BCUT2D eigenvalue weighted by Gasteiger charge is 2.23. The lowest BCUT2D eigenvalue weighted by molar-refractivity contribution is -0.384. The Kier molecular flexibility index (Phi) is 3.54. The third-order valence-corrected chi connectivity index (χ3v) is 2.07. The summed E-state index contributed by atoms with van der Waals surface area (Å²) in [7, 11) is 0. The summed E-state index contributed by atoms with van der Waals surface area (Å²) in [6.45, 7) is 0. The SMILES string of the molecule is NC(C(=O)O)C(O)c1ccc([N+](=O)[O-])cc1. The van der Waals surface area contributed by atoms with Crippen molar-refractivity contribution in [2.75, 3.05) is 0 Å². The van der Waals surface area contributed by atoms with Gasteiger partial charge in [-0.3, -0.25) is 14.9 Å². The fraction of sp³-hybridized carbons (Fsp3) is 0.222. The monoisotopic (exact) mass is 226 g/mol. The van der Waals surface area contributed by atoms with Crippen LogP contribution in [0.1, 0.15) is 11.7 Å². The van der Waals surface area contributed by atoms with E-state index >= 15 is 0 Å². The lowest BCUT2D eigenvalue weighted by Gasteiger charge is -2.14. The summed E-state index contributed by atoms with van der Waals surface area (Å²) < 4.78 is 0. The average molecular weight is 226 g/mol. The number of nitro groups is 1. The molecule has 0 aliphatic carbocycles. The molecule has 1 rings (SSSR count). The minimum Gasteiger partial charge on any atom is -0.480 e. The normalized spacial score (nSPS) is 14.1. The Balaban J connectivity index is 2.89. The Labute approximate surface area is 90.3 Å². The van der Waals surface area contributed by atoms with Gasteiger partial charge >= 0.3 is 5.97 Å². The highest BCUT2D eigenvalue weighted by Crippen LogP contribution is 2.19. The predicted octanol–water partition coefficient (Wildman–Crippen LogP) is 0.0401. The number of non-ortho nitro benzene ring substituents is 1. The van der Waals surface area contributed by atoms with Gasteiger partial charge in [-0.1, -0.05) is 0 Å². The van der Waals surface area contributed by atoms with E-state index in [1.165, 1.54) is 24.3 Å². The van der Waals surface area contributed by atoms with E-state index in [2.05, 4.69) is 0 Å². The molecule has 7 nitrogen and oxygen atoms in total. The fourth-order valence-corrected chi connectivity index (χ4v) is 1.14. The Bertz CT molecular complexity index is 403. The molecule has 0 aromatic heterocycles. The molecule has 16 heavy (non-hydrogen) atoms. The number of carboxylic acid groups (broad SMARTS) is 1. The van der Waals surface area contributed by atoms with Crippen LogP contribution in [0, 0.1) is 10.1 Å². The molecule has 0 aliphatic rings. The van der Waals surface area contributed by atoms with E-state index in [1.54, 1.807) is 0 Å². The van der Waals surface area contributed by atoms with Gasteiger partial charge in [-0.15, -0.1) is 0 Å². The summed E-state index contributed by atoms with van der Waals surface area (Å²) in [5, 5.41) is 28.4. The van der Waals surface area contributed by atoms with Crippen LogP contribution >= 0.6 is 0 Å². The van der Waals surface area contributed by atoms with Crippen LogP contribution < -0.4 is 5.73 Å². The topological polar surface area (TPSA) is 127 Å². The van der Waals surface area contributed by atoms with E-state index in [1.807, 2.05) is 0 Å². The summed E-state index contributed by atoms with van der Waals surface area (Å²) in [6, 6.07) is 3.43. The van der Waals surface area contributed by atoms with Crippen LogP contribution in [0.15, 0.2) is 24.3 Å². The van der Waals surface area contributed by atoms with Crippen molar-refractivity contribution < 1.29 is 19.9 Å². The van der Waals surface area contributed by atoms with Gasteiger partial charge in [-0.2, -0.15) is 0 Å². The van der Waals surface area contributed by atoms with Gasteiger partial charge in [0.1, 0.15) is 12.1 Å². The molecule has 4 N–H and O–H groups in total. The van der Waals surface area contributed by atoms with Crippen molar-refractivity contribution in [3.05, 3.63) is 39.9 Å². The molecule has 0 spiro atoms. The van der Waals surface area contributed by atoms with Gasteiger partial charge in [0, 0.05) is 12.1 Å². The van der Waals surface area contributed by atoms with Gasteiger partial charge in [-0.25, -0.2) is 0 Å². The number of aliphatic carboxylic acids is 1. The van der Waals surface area contributed by atoms with E-state index in [0.717, 1.165) is 0 Å². The standard InChI is InChI=1S/C9H10N2O5/c10-7(9(13)14)8(12)5-1-3-6(4-2-5)11(15)16/h1-4,7-8,12H,10H2,(H,13,14).